The lowest BCUT2D eigenvalue weighted by Crippen LogP contribution is -2.52. The van der Waals surface area contributed by atoms with Crippen molar-refractivity contribution in [3.63, 3.8) is 0 Å². The quantitative estimate of drug-likeness (QED) is 0.240. The number of carbonyl (C=O) groups excluding carboxylic acids is 2. The van der Waals surface area contributed by atoms with Gasteiger partial charge in [0, 0.05) is 29.5 Å². The Morgan fingerprint density at radius 3 is 2.43 bits per heavy atom. The van der Waals surface area contributed by atoms with Gasteiger partial charge in [0.1, 0.15) is 18.0 Å². The van der Waals surface area contributed by atoms with Crippen molar-refractivity contribution >= 4 is 49.8 Å². The average molecular weight is 648 g/mol. The van der Waals surface area contributed by atoms with Gasteiger partial charge >= 0.3 is 6.09 Å². The number of methoxy groups -OCH3 is 3. The molecule has 0 bridgehead atoms. The zero-order valence-corrected chi connectivity index (χ0v) is 26.9. The summed E-state index contributed by atoms with van der Waals surface area (Å²) in [4.78, 5) is 35.2. The first-order chi connectivity index (χ1) is 22.1. The van der Waals surface area contributed by atoms with Gasteiger partial charge in [-0.15, -0.1) is 0 Å². The molecule has 2 heterocycles. The number of anilines is 3. The summed E-state index contributed by atoms with van der Waals surface area (Å²) in [7, 11) is 0.880. The summed E-state index contributed by atoms with van der Waals surface area (Å²) in [5.74, 6) is 1.02. The maximum absolute atomic E-state index is 14.6. The van der Waals surface area contributed by atoms with E-state index in [2.05, 4.69) is 10.3 Å². The maximum atomic E-state index is 14.6. The number of hydrogen-bond donors (Lipinski definition) is 2. The molecule has 13 heteroatoms. The first-order valence-electron chi connectivity index (χ1n) is 14.7. The fourth-order valence-corrected chi connectivity index (χ4v) is 6.58. The number of nitrogens with one attached hydrogen (secondary N) is 1. The second-order valence-corrected chi connectivity index (χ2v) is 13.0. The summed E-state index contributed by atoms with van der Waals surface area (Å²) >= 11 is 0. The normalized spacial score (nSPS) is 15.3. The summed E-state index contributed by atoms with van der Waals surface area (Å²) in [5.41, 5.74) is 7.75. The second-order valence-electron chi connectivity index (χ2n) is 10.7. The Bertz CT molecular complexity index is 1850. The first kappa shape index (κ1) is 32.4. The number of carbonyl (C=O) groups is 2. The van der Waals surface area contributed by atoms with Gasteiger partial charge in [-0.05, 0) is 84.5 Å². The minimum absolute atomic E-state index is 0.0516. The topological polar surface area (TPSA) is 153 Å². The Balaban J connectivity index is 1.54. The van der Waals surface area contributed by atoms with E-state index in [1.165, 1.54) is 38.4 Å². The van der Waals surface area contributed by atoms with Gasteiger partial charge in [-0.3, -0.25) is 9.69 Å². The molecule has 0 spiro atoms. The van der Waals surface area contributed by atoms with Crippen molar-refractivity contribution in [3.8, 4) is 11.5 Å². The van der Waals surface area contributed by atoms with E-state index in [1.807, 2.05) is 24.3 Å². The lowest BCUT2D eigenvalue weighted by atomic mass is 10.0. The minimum Gasteiger partial charge on any atom is -0.493 e. The van der Waals surface area contributed by atoms with Crippen molar-refractivity contribution < 1.29 is 32.2 Å². The number of rotatable bonds is 10. The van der Waals surface area contributed by atoms with Crippen LogP contribution in [0.2, 0.25) is 0 Å². The number of hydrogen-bond acceptors (Lipinski definition) is 10. The Labute approximate surface area is 268 Å². The van der Waals surface area contributed by atoms with Gasteiger partial charge in [0.25, 0.3) is 5.91 Å². The van der Waals surface area contributed by atoms with Crippen LogP contribution in [0.15, 0.2) is 77.8 Å². The molecule has 4 aromatic rings. The van der Waals surface area contributed by atoms with Crippen molar-refractivity contribution in [2.75, 3.05) is 49.6 Å². The number of aromatic nitrogens is 1. The molecule has 1 aliphatic rings. The summed E-state index contributed by atoms with van der Waals surface area (Å²) in [6.07, 6.45) is 1.37. The molecule has 2 amide bonds. The van der Waals surface area contributed by atoms with Gasteiger partial charge in [-0.25, -0.2) is 18.2 Å². The van der Waals surface area contributed by atoms with Crippen LogP contribution in [-0.4, -0.2) is 70.1 Å². The van der Waals surface area contributed by atoms with Crippen LogP contribution in [0.3, 0.4) is 0 Å². The van der Waals surface area contributed by atoms with Crippen LogP contribution in [0.1, 0.15) is 31.4 Å². The van der Waals surface area contributed by atoms with Gasteiger partial charge in [-0.2, -0.15) is 0 Å². The van der Waals surface area contributed by atoms with E-state index in [-0.39, 0.29) is 16.6 Å². The van der Waals surface area contributed by atoms with Crippen molar-refractivity contribution in [1.82, 2.24) is 9.88 Å². The standard InChI is InChI=1S/C33H37N5O7S/c1-5-46(41,42)25-12-10-24(11-13-25)38(33(40)45-4)29-7-6-18-37(29)32(39)30(22-8-15-27(43-2)28(20-22)44-3)36-23-9-14-26-21(19-23)16-17-35-31(26)34/h8-17,19-20,29-30,36H,5-7,18H2,1-4H3,(H2,34,35)/t29-,30-/m1/s1. The number of likely N-dealkylation sites (tertiary alicyclic amines) is 1. The number of ether oxygens (including phenoxy) is 3. The number of benzene rings is 3. The minimum atomic E-state index is -3.45. The summed E-state index contributed by atoms with van der Waals surface area (Å²) < 4.78 is 40.9. The Hall–Kier alpha value is -5.04. The molecule has 1 aromatic heterocycles. The monoisotopic (exact) mass is 647 g/mol. The fraction of sp³-hybridized carbons (Fsp3) is 0.303. The predicted molar refractivity (Wildman–Crippen MR) is 176 cm³/mol. The van der Waals surface area contributed by atoms with Crippen molar-refractivity contribution in [3.05, 3.63) is 78.5 Å². The smallest absolute Gasteiger partial charge is 0.415 e. The zero-order valence-electron chi connectivity index (χ0n) is 26.1. The van der Waals surface area contributed by atoms with E-state index in [0.717, 1.165) is 10.8 Å². The molecule has 0 unspecified atom stereocenters. The number of nitrogens with zero attached hydrogens (tertiary/aromatic N) is 3. The third kappa shape index (κ3) is 6.36. The van der Waals surface area contributed by atoms with E-state index in [9.17, 15) is 18.0 Å². The van der Waals surface area contributed by atoms with E-state index in [1.54, 1.807) is 48.4 Å². The molecule has 1 fully saturated rings. The molecule has 0 saturated carbocycles. The van der Waals surface area contributed by atoms with E-state index < -0.39 is 28.1 Å². The molecule has 0 aliphatic carbocycles. The Kier molecular flexibility index (Phi) is 9.52. The van der Waals surface area contributed by atoms with Gasteiger partial charge in [0.05, 0.1) is 32.0 Å². The van der Waals surface area contributed by atoms with Crippen LogP contribution in [0.25, 0.3) is 10.8 Å². The molecule has 3 N–H and O–H groups in total. The number of pyridine rings is 1. The maximum Gasteiger partial charge on any atom is 0.415 e. The van der Waals surface area contributed by atoms with Crippen LogP contribution < -0.4 is 25.4 Å². The molecule has 2 atom stereocenters. The molecule has 3 aromatic carbocycles. The molecule has 1 aliphatic heterocycles. The third-order valence-electron chi connectivity index (χ3n) is 8.12. The van der Waals surface area contributed by atoms with Crippen LogP contribution in [0, 0.1) is 0 Å². The van der Waals surface area contributed by atoms with Gasteiger partial charge in [0.2, 0.25) is 0 Å². The molecule has 46 heavy (non-hydrogen) atoms. The van der Waals surface area contributed by atoms with Crippen molar-refractivity contribution in [1.29, 1.82) is 0 Å². The highest BCUT2D eigenvalue weighted by Crippen LogP contribution is 2.36. The van der Waals surface area contributed by atoms with Crippen molar-refractivity contribution in [2.24, 2.45) is 0 Å². The lowest BCUT2D eigenvalue weighted by Gasteiger charge is -2.36. The molecule has 242 valence electrons. The van der Waals surface area contributed by atoms with Gasteiger partial charge in [0.15, 0.2) is 21.3 Å². The Morgan fingerprint density at radius 1 is 1.02 bits per heavy atom. The SMILES string of the molecule is CCS(=O)(=O)c1ccc(N(C(=O)OC)[C@@H]2CCCN2C(=O)[C@H](Nc2ccc3c(N)nccc3c2)c2ccc(OC)c(OC)c2)cc1. The van der Waals surface area contributed by atoms with E-state index in [4.69, 9.17) is 19.9 Å². The highest BCUT2D eigenvalue weighted by atomic mass is 32.2. The number of amides is 2. The average Bonchev–Trinajstić information content (AvgIpc) is 3.56. The molecule has 5 rings (SSSR count). The number of fused-ring (bicyclic) bond motifs is 1. The van der Waals surface area contributed by atoms with E-state index in [0.29, 0.717) is 53.6 Å². The van der Waals surface area contributed by atoms with Gasteiger partial charge in [-0.1, -0.05) is 13.0 Å². The van der Waals surface area contributed by atoms with Crippen molar-refractivity contribution in [2.45, 2.75) is 36.9 Å². The highest BCUT2D eigenvalue weighted by Gasteiger charge is 2.40. The second kappa shape index (κ2) is 13.5. The highest BCUT2D eigenvalue weighted by molar-refractivity contribution is 7.91. The van der Waals surface area contributed by atoms with Gasteiger partial charge < -0.3 is 30.2 Å². The lowest BCUT2D eigenvalue weighted by molar-refractivity contribution is -0.132. The number of nitrogen functional groups attached to an aromatic ring is 1. The zero-order chi connectivity index (χ0) is 33.0. The molecule has 1 saturated heterocycles. The first-order valence-corrected chi connectivity index (χ1v) is 16.4. The molecular formula is C33H37N5O7S. The summed E-state index contributed by atoms with van der Waals surface area (Å²) in [6, 6.07) is 17.8. The Morgan fingerprint density at radius 2 is 1.76 bits per heavy atom. The van der Waals surface area contributed by atoms with Crippen LogP contribution in [0.4, 0.5) is 22.0 Å². The van der Waals surface area contributed by atoms with E-state index >= 15 is 0 Å². The molecule has 12 nitrogen and oxygen atoms in total. The summed E-state index contributed by atoms with van der Waals surface area (Å²) in [6.45, 7) is 1.95. The van der Waals surface area contributed by atoms with Crippen LogP contribution in [0.5, 0.6) is 11.5 Å². The largest absolute Gasteiger partial charge is 0.493 e. The third-order valence-corrected chi connectivity index (χ3v) is 9.87. The van der Waals surface area contributed by atoms with Crippen LogP contribution >= 0.6 is 0 Å². The summed E-state index contributed by atoms with van der Waals surface area (Å²) in [5, 5.41) is 5.03. The fourth-order valence-electron chi connectivity index (χ4n) is 5.70. The molecular weight excluding hydrogens is 610 g/mol. The number of nitrogens with two attached hydrogens (primary N) is 1. The predicted octanol–water partition coefficient (Wildman–Crippen LogP) is 5.00. The van der Waals surface area contributed by atoms with Crippen LogP contribution in [-0.2, 0) is 19.4 Å². The number of sulfone groups is 1. The molecule has 0 radical (unpaired) electrons.